The number of aryl methyl sites for hydroxylation is 1. The number of benzene rings is 3. The van der Waals surface area contributed by atoms with Crippen molar-refractivity contribution in [2.75, 3.05) is 12.0 Å². The van der Waals surface area contributed by atoms with E-state index in [0.717, 1.165) is 22.8 Å². The minimum Gasteiger partial charge on any atom is -0.548 e. The maximum Gasteiger partial charge on any atom is 1.00 e. The largest absolute Gasteiger partial charge is 1.00 e. The molecular formula is C32H29F3LiNO5S. The van der Waals surface area contributed by atoms with Gasteiger partial charge in [-0.15, -0.1) is 0 Å². The molecule has 0 aliphatic rings. The Morgan fingerprint density at radius 2 is 1.65 bits per heavy atom. The Labute approximate surface area is 264 Å². The Hall–Kier alpha value is -3.42. The molecule has 1 atom stereocenters. The van der Waals surface area contributed by atoms with Gasteiger partial charge in [0, 0.05) is 11.1 Å². The van der Waals surface area contributed by atoms with Crippen molar-refractivity contribution in [1.82, 2.24) is 5.32 Å². The van der Waals surface area contributed by atoms with Crippen LogP contribution < -0.4 is 29.3 Å². The zero-order valence-corrected chi connectivity index (χ0v) is 24.8. The number of halogens is 3. The summed E-state index contributed by atoms with van der Waals surface area (Å²) < 4.78 is 51.7. The predicted molar refractivity (Wildman–Crippen MR) is 154 cm³/mol. The molecular weight excluding hydrogens is 574 g/mol. The van der Waals surface area contributed by atoms with E-state index in [1.165, 1.54) is 36.0 Å². The number of carbonyl (C=O) groups excluding carboxylic acids is 2. The second kappa shape index (κ2) is 15.3. The van der Waals surface area contributed by atoms with E-state index in [9.17, 15) is 27.9 Å². The monoisotopic (exact) mass is 603 g/mol. The summed E-state index contributed by atoms with van der Waals surface area (Å²) in [7, 11) is 0. The van der Waals surface area contributed by atoms with Gasteiger partial charge in [-0.1, -0.05) is 48.5 Å². The molecule has 220 valence electrons. The molecule has 0 fully saturated rings. The van der Waals surface area contributed by atoms with E-state index in [4.69, 9.17) is 9.15 Å². The molecule has 0 aliphatic carbocycles. The van der Waals surface area contributed by atoms with Crippen LogP contribution in [-0.4, -0.2) is 29.9 Å². The molecule has 4 aromatic rings. The van der Waals surface area contributed by atoms with Gasteiger partial charge < -0.3 is 24.4 Å². The molecule has 11 heteroatoms. The molecule has 0 saturated heterocycles. The fourth-order valence-electron chi connectivity index (χ4n) is 4.51. The summed E-state index contributed by atoms with van der Waals surface area (Å²) in [6.07, 6.45) is -2.43. The third kappa shape index (κ3) is 8.80. The first-order valence-corrected chi connectivity index (χ1v) is 14.5. The molecule has 4 rings (SSSR count). The molecule has 6 nitrogen and oxygen atoms in total. The number of aliphatic carboxylic acids is 1. The number of amides is 1. The summed E-state index contributed by atoms with van der Waals surface area (Å²) >= 11 is 1.47. The van der Waals surface area contributed by atoms with Crippen LogP contribution in [0.3, 0.4) is 0 Å². The molecule has 1 amide bonds. The zero-order valence-electron chi connectivity index (χ0n) is 24.0. The SMILES string of the molecule is CSCC[C@H](NC(=O)c1ccc(COCc2ccc(-c3ccccc3C(F)(F)F)o2)cc1-c1ccccc1C)C(=O)[O-].[Li+]. The summed E-state index contributed by atoms with van der Waals surface area (Å²) in [5.41, 5.74) is 2.54. The van der Waals surface area contributed by atoms with E-state index in [0.29, 0.717) is 22.6 Å². The van der Waals surface area contributed by atoms with Gasteiger partial charge in [-0.3, -0.25) is 4.79 Å². The van der Waals surface area contributed by atoms with Gasteiger partial charge >= 0.3 is 25.0 Å². The Kier molecular flexibility index (Phi) is 12.2. The maximum absolute atomic E-state index is 13.4. The number of carbonyl (C=O) groups is 2. The number of thioether (sulfide) groups is 1. The second-order valence-corrected chi connectivity index (χ2v) is 10.6. The summed E-state index contributed by atoms with van der Waals surface area (Å²) in [4.78, 5) is 24.8. The number of alkyl halides is 3. The molecule has 43 heavy (non-hydrogen) atoms. The molecule has 1 N–H and O–H groups in total. The van der Waals surface area contributed by atoms with Crippen molar-refractivity contribution in [1.29, 1.82) is 0 Å². The molecule has 0 unspecified atom stereocenters. The van der Waals surface area contributed by atoms with Crippen LogP contribution in [0.4, 0.5) is 13.2 Å². The van der Waals surface area contributed by atoms with Gasteiger partial charge in [0.25, 0.3) is 5.91 Å². The topological polar surface area (TPSA) is 91.6 Å². The number of hydrogen-bond donors (Lipinski definition) is 1. The minimum absolute atomic E-state index is 0. The Morgan fingerprint density at radius 1 is 0.953 bits per heavy atom. The van der Waals surface area contributed by atoms with E-state index in [1.54, 1.807) is 24.3 Å². The first kappa shape index (κ1) is 34.1. The number of carboxylic acid groups (broad SMARTS) is 1. The van der Waals surface area contributed by atoms with Crippen LogP contribution in [0.5, 0.6) is 0 Å². The van der Waals surface area contributed by atoms with Crippen molar-refractivity contribution >= 4 is 23.6 Å². The zero-order chi connectivity index (χ0) is 30.3. The summed E-state index contributed by atoms with van der Waals surface area (Å²) in [6.45, 7) is 2.05. The summed E-state index contributed by atoms with van der Waals surface area (Å²) in [5, 5.41) is 14.2. The molecule has 0 saturated carbocycles. The minimum atomic E-state index is -4.52. The van der Waals surface area contributed by atoms with Gasteiger partial charge in [0.05, 0.1) is 24.2 Å². The smallest absolute Gasteiger partial charge is 0.548 e. The number of ether oxygens (including phenoxy) is 1. The van der Waals surface area contributed by atoms with Crippen molar-refractivity contribution in [2.24, 2.45) is 0 Å². The Morgan fingerprint density at radius 3 is 2.33 bits per heavy atom. The van der Waals surface area contributed by atoms with Crippen LogP contribution in [0.25, 0.3) is 22.5 Å². The first-order valence-electron chi connectivity index (χ1n) is 13.1. The number of furan rings is 1. The van der Waals surface area contributed by atoms with Crippen LogP contribution in [0.15, 0.2) is 83.3 Å². The van der Waals surface area contributed by atoms with Crippen LogP contribution in [0, 0.1) is 6.92 Å². The fraction of sp³-hybridized carbons (Fsp3) is 0.250. The molecule has 0 bridgehead atoms. The molecule has 3 aromatic carbocycles. The Bertz CT molecular complexity index is 1560. The average molecular weight is 604 g/mol. The van der Waals surface area contributed by atoms with Crippen LogP contribution >= 0.6 is 11.8 Å². The number of rotatable bonds is 12. The third-order valence-electron chi connectivity index (χ3n) is 6.64. The third-order valence-corrected chi connectivity index (χ3v) is 7.28. The predicted octanol–water partition coefficient (Wildman–Crippen LogP) is 3.26. The van der Waals surface area contributed by atoms with Gasteiger partial charge in [-0.05, 0) is 77.9 Å². The van der Waals surface area contributed by atoms with E-state index >= 15 is 0 Å². The van der Waals surface area contributed by atoms with Gasteiger partial charge in [-0.25, -0.2) is 0 Å². The quantitative estimate of drug-likeness (QED) is 0.250. The molecule has 0 aliphatic heterocycles. The number of carboxylic acids is 1. The van der Waals surface area contributed by atoms with Gasteiger partial charge in [0.2, 0.25) is 0 Å². The van der Waals surface area contributed by atoms with Crippen molar-refractivity contribution in [3.8, 4) is 22.5 Å². The van der Waals surface area contributed by atoms with Gasteiger partial charge in [0.15, 0.2) is 0 Å². The fourth-order valence-corrected chi connectivity index (χ4v) is 4.98. The second-order valence-electron chi connectivity index (χ2n) is 9.62. The molecule has 0 spiro atoms. The Balaban J connectivity index is 0.00000506. The van der Waals surface area contributed by atoms with Crippen molar-refractivity contribution in [3.63, 3.8) is 0 Å². The maximum atomic E-state index is 13.4. The first-order chi connectivity index (χ1) is 20.1. The van der Waals surface area contributed by atoms with Gasteiger partial charge in [0.1, 0.15) is 18.1 Å². The normalized spacial score (nSPS) is 11.9. The van der Waals surface area contributed by atoms with E-state index in [-0.39, 0.29) is 49.8 Å². The van der Waals surface area contributed by atoms with Crippen molar-refractivity contribution in [3.05, 3.63) is 107 Å². The summed E-state index contributed by atoms with van der Waals surface area (Å²) in [5.74, 6) is -0.880. The summed E-state index contributed by atoms with van der Waals surface area (Å²) in [6, 6.07) is 19.8. The van der Waals surface area contributed by atoms with Crippen molar-refractivity contribution in [2.45, 2.75) is 38.8 Å². The van der Waals surface area contributed by atoms with Crippen molar-refractivity contribution < 1.29 is 55.9 Å². The van der Waals surface area contributed by atoms with E-state index in [2.05, 4.69) is 5.32 Å². The average Bonchev–Trinajstić information content (AvgIpc) is 3.43. The standard InChI is InChI=1S/C32H30F3NO5S.Li/c1-20-7-3-4-8-23(20)26-17-21(11-13-24(26)30(37)36-28(31(38)39)15-16-42-2)18-40-19-22-12-14-29(41-22)25-9-5-6-10-27(25)32(33,34)35;/h3-14,17,28H,15-16,18-19H2,1-2H3,(H,36,37)(H,38,39);/q;+1/p-1/t28-;/m0./s1. The van der Waals surface area contributed by atoms with Crippen LogP contribution in [-0.2, 0) is 28.9 Å². The van der Waals surface area contributed by atoms with E-state index in [1.807, 2.05) is 37.4 Å². The van der Waals surface area contributed by atoms with E-state index < -0.39 is 29.7 Å². The van der Waals surface area contributed by atoms with Crippen LogP contribution in [0.1, 0.15) is 39.2 Å². The van der Waals surface area contributed by atoms with Crippen LogP contribution in [0.2, 0.25) is 0 Å². The number of nitrogens with one attached hydrogen (secondary N) is 1. The molecule has 1 aromatic heterocycles. The molecule has 1 heterocycles. The molecule has 0 radical (unpaired) electrons. The number of hydrogen-bond acceptors (Lipinski definition) is 6. The van der Waals surface area contributed by atoms with Gasteiger partial charge in [-0.2, -0.15) is 24.9 Å².